The van der Waals surface area contributed by atoms with Crippen molar-refractivity contribution in [2.45, 2.75) is 44.9 Å². The summed E-state index contributed by atoms with van der Waals surface area (Å²) in [6, 6.07) is 11.7. The van der Waals surface area contributed by atoms with Crippen LogP contribution in [0.5, 0.6) is 11.6 Å². The maximum atomic E-state index is 13.2. The maximum Gasteiger partial charge on any atom is 0.261 e. The first-order valence-corrected chi connectivity index (χ1v) is 13.8. The van der Waals surface area contributed by atoms with Gasteiger partial charge in [0.1, 0.15) is 12.1 Å². The van der Waals surface area contributed by atoms with Gasteiger partial charge in [-0.2, -0.15) is 5.10 Å². The maximum absolute atomic E-state index is 13.2. The van der Waals surface area contributed by atoms with Gasteiger partial charge in [0.2, 0.25) is 11.8 Å². The van der Waals surface area contributed by atoms with E-state index in [0.29, 0.717) is 48.9 Å². The number of nitrogens with one attached hydrogen (secondary N) is 1. The molecule has 10 nitrogen and oxygen atoms in total. The molecule has 0 spiro atoms. The molecule has 0 saturated carbocycles. The molecule has 2 aromatic heterocycles. The van der Waals surface area contributed by atoms with Crippen LogP contribution in [0.15, 0.2) is 53.7 Å². The Hall–Kier alpha value is -4.25. The molecule has 4 heterocycles. The number of sulfonamides is 1. The second-order valence-corrected chi connectivity index (χ2v) is 11.2. The highest BCUT2D eigenvalue weighted by Crippen LogP contribution is 2.38. The topological polar surface area (TPSA) is 119 Å². The molecule has 11 heteroatoms. The summed E-state index contributed by atoms with van der Waals surface area (Å²) in [6.07, 6.45) is 3.03. The van der Waals surface area contributed by atoms with Crippen LogP contribution < -0.4 is 14.4 Å². The summed E-state index contributed by atoms with van der Waals surface area (Å²) in [5.41, 5.74) is 6.12. The van der Waals surface area contributed by atoms with E-state index in [1.807, 2.05) is 20.8 Å². The Balaban J connectivity index is 1.19. The predicted molar refractivity (Wildman–Crippen MR) is 142 cm³/mol. The number of carbonyl (C=O) groups is 1. The van der Waals surface area contributed by atoms with E-state index in [2.05, 4.69) is 19.8 Å². The minimum absolute atomic E-state index is 0.104. The third-order valence-electron chi connectivity index (χ3n) is 7.16. The third kappa shape index (κ3) is 4.18. The number of nitrogens with zero attached hydrogens (tertiary/aromatic N) is 5. The summed E-state index contributed by atoms with van der Waals surface area (Å²) >= 11 is 0. The van der Waals surface area contributed by atoms with Crippen LogP contribution in [-0.2, 0) is 27.7 Å². The first-order chi connectivity index (χ1) is 18.2. The van der Waals surface area contributed by atoms with Gasteiger partial charge in [-0.15, -0.1) is 0 Å². The summed E-state index contributed by atoms with van der Waals surface area (Å²) in [7, 11) is -3.81. The van der Waals surface area contributed by atoms with Gasteiger partial charge in [0.25, 0.3) is 10.0 Å². The number of carbonyl (C=O) groups excluding carboxylic acids is 1. The van der Waals surface area contributed by atoms with Crippen LogP contribution in [0, 0.1) is 20.8 Å². The Kier molecular flexibility index (Phi) is 5.68. The van der Waals surface area contributed by atoms with E-state index >= 15 is 0 Å². The number of benzene rings is 2. The standard InChI is InChI=1S/C27H26N6O4S/c1-16-17(2)30-33(18(16)3)24-14-25(29-15-28-24)37-22-7-5-21(6-8-22)31-38(35,36)23-12-19-4-9-26(34)32-11-10-20(13-23)27(19)32/h5-8,12-15,31H,4,9-11H2,1-3H3. The third-order valence-corrected chi connectivity index (χ3v) is 8.52. The lowest BCUT2D eigenvalue weighted by molar-refractivity contribution is -0.118. The van der Waals surface area contributed by atoms with Gasteiger partial charge in [-0.1, -0.05) is 0 Å². The average Bonchev–Trinajstić information content (AvgIpc) is 3.45. The summed E-state index contributed by atoms with van der Waals surface area (Å²) in [4.78, 5) is 22.6. The van der Waals surface area contributed by atoms with E-state index in [0.717, 1.165) is 33.8 Å². The molecule has 38 heavy (non-hydrogen) atoms. The molecule has 1 N–H and O–H groups in total. The van der Waals surface area contributed by atoms with Gasteiger partial charge < -0.3 is 9.64 Å². The molecule has 0 unspecified atom stereocenters. The summed E-state index contributed by atoms with van der Waals surface area (Å²) < 4.78 is 36.7. The normalized spacial score (nSPS) is 14.5. The highest BCUT2D eigenvalue weighted by atomic mass is 32.2. The van der Waals surface area contributed by atoms with Crippen molar-refractivity contribution in [3.05, 3.63) is 76.9 Å². The molecule has 2 aliphatic rings. The van der Waals surface area contributed by atoms with Gasteiger partial charge in [0.15, 0.2) is 5.82 Å². The molecule has 0 radical (unpaired) electrons. The van der Waals surface area contributed by atoms with Crippen molar-refractivity contribution in [2.24, 2.45) is 0 Å². The van der Waals surface area contributed by atoms with Gasteiger partial charge in [0, 0.05) is 30.4 Å². The lowest BCUT2D eigenvalue weighted by Crippen LogP contribution is -2.33. The Bertz CT molecular complexity index is 1700. The second-order valence-electron chi connectivity index (χ2n) is 9.54. The fourth-order valence-corrected chi connectivity index (χ4v) is 6.11. The number of hydrogen-bond acceptors (Lipinski definition) is 7. The highest BCUT2D eigenvalue weighted by Gasteiger charge is 2.33. The zero-order valence-corrected chi connectivity index (χ0v) is 22.0. The van der Waals surface area contributed by atoms with Crippen molar-refractivity contribution in [3.8, 4) is 17.4 Å². The van der Waals surface area contributed by atoms with E-state index in [4.69, 9.17) is 4.74 Å². The fraction of sp³-hybridized carbons (Fsp3) is 0.259. The number of rotatable bonds is 6. The summed E-state index contributed by atoms with van der Waals surface area (Å²) in [5.74, 6) is 1.53. The Morgan fingerprint density at radius 3 is 2.39 bits per heavy atom. The molecule has 194 valence electrons. The number of aryl methyl sites for hydroxylation is 2. The number of ether oxygens (including phenoxy) is 1. The van der Waals surface area contributed by atoms with Crippen LogP contribution in [0.3, 0.4) is 0 Å². The lowest BCUT2D eigenvalue weighted by atomic mass is 10.00. The number of amides is 1. The van der Waals surface area contributed by atoms with Gasteiger partial charge in [-0.25, -0.2) is 23.1 Å². The van der Waals surface area contributed by atoms with Crippen LogP contribution in [0.4, 0.5) is 11.4 Å². The van der Waals surface area contributed by atoms with E-state index in [1.54, 1.807) is 52.0 Å². The minimum atomic E-state index is -3.81. The smallest absolute Gasteiger partial charge is 0.261 e. The summed E-state index contributed by atoms with van der Waals surface area (Å²) in [5, 5.41) is 4.53. The fourth-order valence-electron chi connectivity index (χ4n) is 4.95. The highest BCUT2D eigenvalue weighted by molar-refractivity contribution is 7.92. The monoisotopic (exact) mass is 530 g/mol. The molecular formula is C27H26N6O4S. The van der Waals surface area contributed by atoms with Crippen molar-refractivity contribution < 1.29 is 17.9 Å². The van der Waals surface area contributed by atoms with Crippen LogP contribution in [0.2, 0.25) is 0 Å². The van der Waals surface area contributed by atoms with E-state index < -0.39 is 10.0 Å². The minimum Gasteiger partial charge on any atom is -0.439 e. The molecular weight excluding hydrogens is 504 g/mol. The number of hydrogen-bond donors (Lipinski definition) is 1. The molecule has 2 aliphatic heterocycles. The Labute approximate surface area is 220 Å². The van der Waals surface area contributed by atoms with Crippen LogP contribution in [0.1, 0.15) is 34.5 Å². The van der Waals surface area contributed by atoms with Gasteiger partial charge >= 0.3 is 0 Å². The molecule has 1 amide bonds. The molecule has 2 aromatic carbocycles. The van der Waals surface area contributed by atoms with Crippen molar-refractivity contribution in [3.63, 3.8) is 0 Å². The Morgan fingerprint density at radius 1 is 0.947 bits per heavy atom. The molecule has 0 atom stereocenters. The van der Waals surface area contributed by atoms with Crippen molar-refractivity contribution in [1.82, 2.24) is 19.7 Å². The molecule has 0 bridgehead atoms. The van der Waals surface area contributed by atoms with E-state index in [9.17, 15) is 13.2 Å². The van der Waals surface area contributed by atoms with E-state index in [1.165, 1.54) is 6.33 Å². The first-order valence-electron chi connectivity index (χ1n) is 12.3. The quantitative estimate of drug-likeness (QED) is 0.400. The second kappa shape index (κ2) is 8.95. The molecule has 0 aliphatic carbocycles. The van der Waals surface area contributed by atoms with Crippen molar-refractivity contribution in [2.75, 3.05) is 16.2 Å². The van der Waals surface area contributed by atoms with Crippen LogP contribution in [0.25, 0.3) is 5.82 Å². The first kappa shape index (κ1) is 24.1. The Morgan fingerprint density at radius 2 is 1.68 bits per heavy atom. The van der Waals surface area contributed by atoms with Crippen molar-refractivity contribution in [1.29, 1.82) is 0 Å². The van der Waals surface area contributed by atoms with Gasteiger partial charge in [0.05, 0.1) is 16.3 Å². The molecule has 6 rings (SSSR count). The zero-order chi connectivity index (χ0) is 26.6. The predicted octanol–water partition coefficient (Wildman–Crippen LogP) is 4.02. The van der Waals surface area contributed by atoms with Gasteiger partial charge in [-0.05, 0) is 86.7 Å². The molecule has 0 saturated heterocycles. The van der Waals surface area contributed by atoms with Gasteiger partial charge in [-0.3, -0.25) is 9.52 Å². The molecule has 4 aromatic rings. The number of aromatic nitrogens is 4. The van der Waals surface area contributed by atoms with Crippen molar-refractivity contribution >= 4 is 27.3 Å². The molecule has 0 fully saturated rings. The SMILES string of the molecule is Cc1nn(-c2cc(Oc3ccc(NS(=O)(=O)c4cc5c6c(c4)CCN6C(=O)CC5)cc3)ncn2)c(C)c1C. The van der Waals surface area contributed by atoms with Crippen LogP contribution in [-0.4, -0.2) is 40.6 Å². The lowest BCUT2D eigenvalue weighted by Gasteiger charge is -2.25. The van der Waals surface area contributed by atoms with Crippen LogP contribution >= 0.6 is 0 Å². The number of anilines is 2. The zero-order valence-electron chi connectivity index (χ0n) is 21.2. The van der Waals surface area contributed by atoms with E-state index in [-0.39, 0.29) is 10.8 Å². The summed E-state index contributed by atoms with van der Waals surface area (Å²) in [6.45, 7) is 6.54. The average molecular weight is 531 g/mol. The largest absolute Gasteiger partial charge is 0.439 e.